The molecule has 2 aliphatic rings. The van der Waals surface area contributed by atoms with Crippen LogP contribution in [0.1, 0.15) is 51.8 Å². The zero-order chi connectivity index (χ0) is 22.8. The van der Waals surface area contributed by atoms with Gasteiger partial charge in [-0.2, -0.15) is 0 Å². The first-order valence-corrected chi connectivity index (χ1v) is 12.1. The van der Waals surface area contributed by atoms with Gasteiger partial charge in [0.05, 0.1) is 35.3 Å². The number of ether oxygens (including phenoxy) is 1. The number of aromatic nitrogens is 2. The number of fused-ring (bicyclic) bond motifs is 1. The molecule has 0 atom stereocenters. The van der Waals surface area contributed by atoms with Gasteiger partial charge in [-0.3, -0.25) is 19.6 Å². The van der Waals surface area contributed by atoms with Crippen LogP contribution in [0.3, 0.4) is 0 Å². The summed E-state index contributed by atoms with van der Waals surface area (Å²) in [6.45, 7) is 5.56. The normalized spacial score (nSPS) is 17.4. The topological polar surface area (TPSA) is 84.4 Å². The van der Waals surface area contributed by atoms with Gasteiger partial charge in [-0.05, 0) is 36.9 Å². The Morgan fingerprint density at radius 2 is 2.06 bits per heavy atom. The number of carbonyl (C=O) groups excluding carboxylic acids is 2. The number of benzene rings is 1. The Bertz CT molecular complexity index is 1150. The smallest absolute Gasteiger partial charge is 0.253 e. The molecule has 1 aromatic carbocycles. The van der Waals surface area contributed by atoms with E-state index in [0.717, 1.165) is 42.9 Å². The van der Waals surface area contributed by atoms with Gasteiger partial charge in [0.2, 0.25) is 0 Å². The van der Waals surface area contributed by atoms with Crippen LogP contribution in [-0.2, 0) is 6.54 Å². The van der Waals surface area contributed by atoms with E-state index >= 15 is 0 Å². The summed E-state index contributed by atoms with van der Waals surface area (Å²) in [5, 5.41) is 2.87. The number of amides is 1. The number of ketones is 1. The molecule has 2 aromatic heterocycles. The molecule has 2 aliphatic heterocycles. The number of carbonyl (C=O) groups is 2. The fourth-order valence-corrected chi connectivity index (χ4v) is 5.04. The molecular weight excluding hydrogens is 436 g/mol. The second kappa shape index (κ2) is 9.03. The Hall–Kier alpha value is -3.10. The monoisotopic (exact) mass is 462 g/mol. The molecule has 0 saturated carbocycles. The zero-order valence-corrected chi connectivity index (χ0v) is 19.4. The van der Waals surface area contributed by atoms with Crippen LogP contribution in [0.2, 0.25) is 0 Å². The maximum absolute atomic E-state index is 13.0. The predicted molar refractivity (Wildman–Crippen MR) is 127 cm³/mol. The van der Waals surface area contributed by atoms with Crippen molar-refractivity contribution in [2.24, 2.45) is 0 Å². The Labute approximate surface area is 196 Å². The second-order valence-electron chi connectivity index (χ2n) is 8.61. The van der Waals surface area contributed by atoms with Crippen molar-refractivity contribution >= 4 is 23.0 Å². The maximum Gasteiger partial charge on any atom is 0.253 e. The highest BCUT2D eigenvalue weighted by Gasteiger charge is 2.42. The maximum atomic E-state index is 13.0. The molecule has 1 N–H and O–H groups in total. The van der Waals surface area contributed by atoms with Crippen molar-refractivity contribution in [3.8, 4) is 17.0 Å². The van der Waals surface area contributed by atoms with Crippen LogP contribution >= 0.6 is 11.3 Å². The molecule has 0 radical (unpaired) electrons. The minimum absolute atomic E-state index is 0.127. The van der Waals surface area contributed by atoms with Gasteiger partial charge in [0, 0.05) is 48.8 Å². The number of Topliss-reactive ketones (excluding diaryl/α,β-unsaturated/α-hetero) is 1. The number of rotatable bonds is 5. The molecule has 1 saturated heterocycles. The molecule has 3 aromatic rings. The van der Waals surface area contributed by atoms with E-state index in [0.29, 0.717) is 35.5 Å². The van der Waals surface area contributed by atoms with E-state index in [-0.39, 0.29) is 17.3 Å². The molecule has 1 amide bonds. The Kier molecular flexibility index (Phi) is 5.95. The van der Waals surface area contributed by atoms with Gasteiger partial charge < -0.3 is 15.0 Å². The number of likely N-dealkylation sites (tertiary alicyclic amines) is 1. The molecule has 0 bridgehead atoms. The molecule has 0 aliphatic carbocycles. The third-order valence-corrected chi connectivity index (χ3v) is 7.31. The van der Waals surface area contributed by atoms with Gasteiger partial charge in [-0.1, -0.05) is 6.92 Å². The lowest BCUT2D eigenvalue weighted by atomic mass is 9.82. The van der Waals surface area contributed by atoms with Crippen molar-refractivity contribution in [2.75, 3.05) is 19.6 Å². The molecule has 1 fully saturated rings. The van der Waals surface area contributed by atoms with Crippen LogP contribution < -0.4 is 10.1 Å². The first kappa shape index (κ1) is 21.7. The minimum atomic E-state index is -0.371. The summed E-state index contributed by atoms with van der Waals surface area (Å²) >= 11 is 1.50. The third kappa shape index (κ3) is 4.54. The molecule has 8 heteroatoms. The van der Waals surface area contributed by atoms with Gasteiger partial charge >= 0.3 is 0 Å². The van der Waals surface area contributed by atoms with Crippen LogP contribution in [0.4, 0.5) is 0 Å². The fourth-order valence-electron chi connectivity index (χ4n) is 4.51. The van der Waals surface area contributed by atoms with Crippen LogP contribution in [0.25, 0.3) is 11.3 Å². The Morgan fingerprint density at radius 3 is 2.76 bits per heavy atom. The predicted octanol–water partition coefficient (Wildman–Crippen LogP) is 3.95. The number of piperidine rings is 1. The second-order valence-corrected chi connectivity index (χ2v) is 9.58. The molecule has 5 rings (SSSR count). The molecule has 1 spiro atoms. The number of pyridine rings is 1. The zero-order valence-electron chi connectivity index (χ0n) is 18.5. The highest BCUT2D eigenvalue weighted by molar-refractivity contribution is 7.09. The van der Waals surface area contributed by atoms with Crippen molar-refractivity contribution in [3.63, 3.8) is 0 Å². The van der Waals surface area contributed by atoms with Crippen molar-refractivity contribution < 1.29 is 14.3 Å². The molecule has 170 valence electrons. The van der Waals surface area contributed by atoms with Gasteiger partial charge in [0.25, 0.3) is 5.91 Å². The summed E-state index contributed by atoms with van der Waals surface area (Å²) in [6.07, 6.45) is 5.48. The lowest BCUT2D eigenvalue weighted by molar-refractivity contribution is -0.00779. The lowest BCUT2D eigenvalue weighted by Gasteiger charge is -2.43. The number of thiazole rings is 1. The summed E-state index contributed by atoms with van der Waals surface area (Å²) in [5.74, 6) is 0.608. The highest BCUT2D eigenvalue weighted by Crippen LogP contribution is 2.40. The number of hydrogen-bond donors (Lipinski definition) is 1. The molecule has 4 heterocycles. The van der Waals surface area contributed by atoms with Crippen molar-refractivity contribution in [3.05, 3.63) is 64.2 Å². The van der Waals surface area contributed by atoms with Crippen LogP contribution in [0.5, 0.6) is 5.75 Å². The fraction of sp³-hybridized carbons (Fsp3) is 0.360. The highest BCUT2D eigenvalue weighted by atomic mass is 32.1. The summed E-state index contributed by atoms with van der Waals surface area (Å²) in [7, 11) is 0. The van der Waals surface area contributed by atoms with Gasteiger partial charge in [0.1, 0.15) is 11.4 Å². The van der Waals surface area contributed by atoms with E-state index < -0.39 is 0 Å². The first-order valence-electron chi connectivity index (χ1n) is 11.3. The molecule has 7 nitrogen and oxygen atoms in total. The molecule has 33 heavy (non-hydrogen) atoms. The van der Waals surface area contributed by atoms with Crippen LogP contribution in [-0.4, -0.2) is 51.8 Å². The Balaban J connectivity index is 1.29. The summed E-state index contributed by atoms with van der Waals surface area (Å²) in [6, 6.07) is 9.22. The molecular formula is C25H26N4O3S. The summed E-state index contributed by atoms with van der Waals surface area (Å²) < 4.78 is 6.40. The number of nitrogens with zero attached hydrogens (tertiary/aromatic N) is 3. The van der Waals surface area contributed by atoms with E-state index in [2.05, 4.69) is 27.1 Å². The van der Waals surface area contributed by atoms with Crippen molar-refractivity contribution in [1.29, 1.82) is 0 Å². The summed E-state index contributed by atoms with van der Waals surface area (Å²) in [5.41, 5.74) is 4.01. The summed E-state index contributed by atoms with van der Waals surface area (Å²) in [4.78, 5) is 37.3. The van der Waals surface area contributed by atoms with Crippen molar-refractivity contribution in [1.82, 2.24) is 20.2 Å². The van der Waals surface area contributed by atoms with Gasteiger partial charge in [-0.25, -0.2) is 0 Å². The van der Waals surface area contributed by atoms with Crippen LogP contribution in [0.15, 0.2) is 48.2 Å². The van der Waals surface area contributed by atoms with E-state index in [4.69, 9.17) is 4.74 Å². The third-order valence-electron chi connectivity index (χ3n) is 6.53. The number of nitrogens with one attached hydrogen (secondary N) is 1. The van der Waals surface area contributed by atoms with E-state index in [1.165, 1.54) is 11.3 Å². The Morgan fingerprint density at radius 1 is 1.21 bits per heavy atom. The van der Waals surface area contributed by atoms with Crippen molar-refractivity contribution in [2.45, 2.75) is 38.3 Å². The largest absolute Gasteiger partial charge is 0.486 e. The molecule has 0 unspecified atom stereocenters. The SMILES string of the molecule is CCN1CCC2(CC1)CC(=O)c1cc(-c3ccc(C(=O)NCc4cncs4)cn3)ccc1O2. The quantitative estimate of drug-likeness (QED) is 0.618. The first-order chi connectivity index (χ1) is 16.0. The average Bonchev–Trinajstić information content (AvgIpc) is 3.37. The van der Waals surface area contributed by atoms with Crippen LogP contribution in [0, 0.1) is 0 Å². The van der Waals surface area contributed by atoms with E-state index in [9.17, 15) is 9.59 Å². The average molecular weight is 463 g/mol. The number of hydrogen-bond acceptors (Lipinski definition) is 7. The minimum Gasteiger partial charge on any atom is -0.486 e. The van der Waals surface area contributed by atoms with Gasteiger partial charge in [0.15, 0.2) is 5.78 Å². The lowest BCUT2D eigenvalue weighted by Crippen LogP contribution is -2.50. The van der Waals surface area contributed by atoms with E-state index in [1.807, 2.05) is 18.2 Å². The standard InChI is InChI=1S/C25H26N4O3S/c1-2-29-9-7-25(8-10-29)12-22(30)20-11-17(4-6-23(20)32-25)21-5-3-18(13-27-21)24(31)28-15-19-14-26-16-33-19/h3-6,11,13-14,16H,2,7-10,12,15H2,1H3,(H,28,31). The van der Waals surface area contributed by atoms with E-state index in [1.54, 1.807) is 30.0 Å². The van der Waals surface area contributed by atoms with Gasteiger partial charge in [-0.15, -0.1) is 11.3 Å².